The van der Waals surface area contributed by atoms with Crippen molar-refractivity contribution >= 4 is 40.4 Å². The highest BCUT2D eigenvalue weighted by Gasteiger charge is 2.36. The van der Waals surface area contributed by atoms with Gasteiger partial charge in [-0.3, -0.25) is 4.79 Å². The molecule has 0 unspecified atom stereocenters. The van der Waals surface area contributed by atoms with Gasteiger partial charge in [-0.25, -0.2) is 13.8 Å². The predicted octanol–water partition coefficient (Wildman–Crippen LogP) is 5.30. The van der Waals surface area contributed by atoms with E-state index in [0.29, 0.717) is 19.3 Å². The number of amides is 1. The van der Waals surface area contributed by atoms with E-state index in [4.69, 9.17) is 5.11 Å². The Kier molecular flexibility index (Phi) is 10.0. The number of alkyl halides is 5. The number of anilines is 6. The third-order valence-electron chi connectivity index (χ3n) is 5.61. The second-order valence-electron chi connectivity index (χ2n) is 9.18. The SMILES string of the molecule is C=CC(=O)Nc1cc(Nc2ncc(C(F)(F)F)c(Nc3cccc(F)c3F)n2)c(OC(O)(F)F)cc1N(C)CCN(C)C. The molecule has 0 aliphatic carbocycles. The van der Waals surface area contributed by atoms with Crippen molar-refractivity contribution in [3.8, 4) is 5.75 Å². The molecule has 43 heavy (non-hydrogen) atoms. The standard InChI is InChI=1S/C26H26F7N7O3/c1-5-21(41)35-17-11-18(20(43-26(32,33)42)12-19(17)40(4)10-9-39(2)3)37-24-34-13-14(25(29,30)31)23(38-24)36-16-8-6-7-15(27)22(16)28/h5-8,11-13,42H,1,9-10H2,2-4H3,(H,35,41)(H2,34,36,37,38). The number of likely N-dealkylation sites (N-methyl/N-ethyl adjacent to an activating group) is 2. The van der Waals surface area contributed by atoms with Gasteiger partial charge in [0.15, 0.2) is 17.4 Å². The van der Waals surface area contributed by atoms with Crippen molar-refractivity contribution in [1.82, 2.24) is 14.9 Å². The Morgan fingerprint density at radius 3 is 2.35 bits per heavy atom. The van der Waals surface area contributed by atoms with Crippen molar-refractivity contribution < 1.29 is 45.4 Å². The van der Waals surface area contributed by atoms with Gasteiger partial charge in [0, 0.05) is 32.4 Å². The third-order valence-corrected chi connectivity index (χ3v) is 5.61. The summed E-state index contributed by atoms with van der Waals surface area (Å²) in [5.41, 5.74) is -2.40. The fraction of sp³-hybridized carbons (Fsp3) is 0.269. The van der Waals surface area contributed by atoms with Gasteiger partial charge in [-0.15, -0.1) is 8.78 Å². The molecule has 2 aromatic carbocycles. The van der Waals surface area contributed by atoms with Crippen LogP contribution in [0.2, 0.25) is 0 Å². The van der Waals surface area contributed by atoms with Gasteiger partial charge >= 0.3 is 12.5 Å². The zero-order valence-corrected chi connectivity index (χ0v) is 22.9. The fourth-order valence-electron chi connectivity index (χ4n) is 3.55. The quantitative estimate of drug-likeness (QED) is 0.122. The Bertz CT molecular complexity index is 1480. The van der Waals surface area contributed by atoms with Crippen molar-refractivity contribution in [2.75, 3.05) is 55.1 Å². The van der Waals surface area contributed by atoms with E-state index in [-0.39, 0.29) is 11.4 Å². The highest BCUT2D eigenvalue weighted by atomic mass is 19.4. The maximum Gasteiger partial charge on any atom is 0.532 e. The molecular formula is C26H26F7N7O3. The van der Waals surface area contributed by atoms with Crippen LogP contribution in [-0.4, -0.2) is 66.4 Å². The lowest BCUT2D eigenvalue weighted by atomic mass is 10.2. The lowest BCUT2D eigenvalue weighted by Crippen LogP contribution is -2.29. The third kappa shape index (κ3) is 8.92. The second-order valence-corrected chi connectivity index (χ2v) is 9.18. The number of hydrogen-bond acceptors (Lipinski definition) is 9. The molecule has 0 aliphatic rings. The van der Waals surface area contributed by atoms with Crippen LogP contribution in [0.3, 0.4) is 0 Å². The molecular weight excluding hydrogens is 591 g/mol. The van der Waals surface area contributed by atoms with Crippen LogP contribution in [-0.2, 0) is 11.0 Å². The number of carbonyl (C=O) groups is 1. The highest BCUT2D eigenvalue weighted by Crippen LogP contribution is 2.41. The average molecular weight is 618 g/mol. The Morgan fingerprint density at radius 2 is 1.74 bits per heavy atom. The number of hydrogen-bond donors (Lipinski definition) is 4. The van der Waals surface area contributed by atoms with E-state index >= 15 is 0 Å². The average Bonchev–Trinajstić information content (AvgIpc) is 2.89. The van der Waals surface area contributed by atoms with Gasteiger partial charge in [-0.1, -0.05) is 12.6 Å². The smallest absolute Gasteiger partial charge is 0.407 e. The lowest BCUT2D eigenvalue weighted by molar-refractivity contribution is -0.327. The minimum absolute atomic E-state index is 0.0226. The number of rotatable bonds is 12. The van der Waals surface area contributed by atoms with Crippen molar-refractivity contribution in [3.05, 3.63) is 66.4 Å². The first-order valence-electron chi connectivity index (χ1n) is 12.2. The Labute approximate surface area is 240 Å². The number of nitrogens with one attached hydrogen (secondary N) is 3. The molecule has 10 nitrogen and oxygen atoms in total. The molecule has 232 valence electrons. The molecule has 1 aromatic heterocycles. The van der Waals surface area contributed by atoms with Crippen LogP contribution >= 0.6 is 0 Å². The number of nitrogens with zero attached hydrogens (tertiary/aromatic N) is 4. The molecule has 0 saturated carbocycles. The molecule has 1 heterocycles. The van der Waals surface area contributed by atoms with Crippen LogP contribution in [0.1, 0.15) is 5.56 Å². The van der Waals surface area contributed by atoms with Gasteiger partial charge in [0.1, 0.15) is 11.4 Å². The van der Waals surface area contributed by atoms with E-state index in [1.165, 1.54) is 0 Å². The summed E-state index contributed by atoms with van der Waals surface area (Å²) < 4.78 is 101. The Morgan fingerprint density at radius 1 is 1.05 bits per heavy atom. The zero-order chi connectivity index (χ0) is 32.1. The Balaban J connectivity index is 2.14. The van der Waals surface area contributed by atoms with Crippen LogP contribution in [0.4, 0.5) is 65.2 Å². The van der Waals surface area contributed by atoms with Crippen molar-refractivity contribution in [1.29, 1.82) is 0 Å². The van der Waals surface area contributed by atoms with E-state index in [9.17, 15) is 35.5 Å². The topological polar surface area (TPSA) is 115 Å². The number of benzene rings is 2. The predicted molar refractivity (Wildman–Crippen MR) is 145 cm³/mol. The monoisotopic (exact) mass is 617 g/mol. The molecule has 0 aliphatic heterocycles. The minimum atomic E-state index is -5.04. The maximum absolute atomic E-state index is 14.2. The normalized spacial score (nSPS) is 11.7. The van der Waals surface area contributed by atoms with E-state index in [1.54, 1.807) is 26.0 Å². The summed E-state index contributed by atoms with van der Waals surface area (Å²) in [6.45, 7) is 4.19. The zero-order valence-electron chi connectivity index (χ0n) is 22.9. The molecule has 0 fully saturated rings. The summed E-state index contributed by atoms with van der Waals surface area (Å²) in [7, 11) is 5.16. The first-order valence-corrected chi connectivity index (χ1v) is 12.2. The summed E-state index contributed by atoms with van der Waals surface area (Å²) in [6.07, 6.45) is -8.49. The first-order chi connectivity index (χ1) is 20.0. The van der Waals surface area contributed by atoms with Gasteiger partial charge < -0.3 is 35.6 Å². The minimum Gasteiger partial charge on any atom is -0.407 e. The number of aromatic nitrogens is 2. The molecule has 0 atom stereocenters. The second kappa shape index (κ2) is 13.1. The van der Waals surface area contributed by atoms with E-state index < -0.39 is 64.5 Å². The highest BCUT2D eigenvalue weighted by molar-refractivity contribution is 6.02. The van der Waals surface area contributed by atoms with Crippen molar-refractivity contribution in [2.24, 2.45) is 0 Å². The molecule has 0 bridgehead atoms. The van der Waals surface area contributed by atoms with E-state index in [0.717, 1.165) is 36.4 Å². The first kappa shape index (κ1) is 32.9. The van der Waals surface area contributed by atoms with Gasteiger partial charge in [-0.05, 0) is 38.4 Å². The maximum atomic E-state index is 14.2. The summed E-state index contributed by atoms with van der Waals surface area (Å²) >= 11 is 0. The molecule has 1 amide bonds. The molecule has 17 heteroatoms. The fourth-order valence-corrected chi connectivity index (χ4v) is 3.55. The molecule has 3 rings (SSSR count). The molecule has 3 aromatic rings. The largest absolute Gasteiger partial charge is 0.532 e. The summed E-state index contributed by atoms with van der Waals surface area (Å²) in [5, 5.41) is 16.0. The van der Waals surface area contributed by atoms with Gasteiger partial charge in [-0.2, -0.15) is 18.2 Å². The van der Waals surface area contributed by atoms with Gasteiger partial charge in [0.2, 0.25) is 11.9 Å². The van der Waals surface area contributed by atoms with Crippen LogP contribution in [0.15, 0.2) is 49.2 Å². The summed E-state index contributed by atoms with van der Waals surface area (Å²) in [5.74, 6) is -5.89. The summed E-state index contributed by atoms with van der Waals surface area (Å²) in [6, 6.07) is 4.88. The van der Waals surface area contributed by atoms with Crippen LogP contribution in [0.5, 0.6) is 5.75 Å². The van der Waals surface area contributed by atoms with Crippen molar-refractivity contribution in [2.45, 2.75) is 12.5 Å². The van der Waals surface area contributed by atoms with Crippen LogP contribution in [0, 0.1) is 11.6 Å². The number of halogens is 7. The summed E-state index contributed by atoms with van der Waals surface area (Å²) in [4.78, 5) is 22.8. The van der Waals surface area contributed by atoms with Crippen LogP contribution in [0.25, 0.3) is 0 Å². The molecule has 0 spiro atoms. The number of aliphatic hydroxyl groups is 1. The Hall–Kier alpha value is -4.64. The molecule has 0 radical (unpaired) electrons. The van der Waals surface area contributed by atoms with E-state index in [2.05, 4.69) is 37.2 Å². The number of ether oxygens (including phenoxy) is 1. The van der Waals surface area contributed by atoms with Gasteiger partial charge in [0.05, 0.1) is 22.7 Å². The van der Waals surface area contributed by atoms with Gasteiger partial charge in [0.25, 0.3) is 0 Å². The van der Waals surface area contributed by atoms with Crippen LogP contribution < -0.4 is 25.6 Å². The van der Waals surface area contributed by atoms with Crippen molar-refractivity contribution in [3.63, 3.8) is 0 Å². The molecule has 4 N–H and O–H groups in total. The number of carbonyl (C=O) groups excluding carboxylic acids is 1. The van der Waals surface area contributed by atoms with E-state index in [1.807, 2.05) is 4.90 Å². The molecule has 0 saturated heterocycles. The lowest BCUT2D eigenvalue weighted by Gasteiger charge is -2.26.